The number of para-hydroxylation sites is 1. The average Bonchev–Trinajstić information content (AvgIpc) is 3.48. The van der Waals surface area contributed by atoms with Crippen molar-refractivity contribution in [3.05, 3.63) is 51.7 Å². The molecule has 2 aliphatic heterocycles. The van der Waals surface area contributed by atoms with Crippen LogP contribution < -0.4 is 5.32 Å². The van der Waals surface area contributed by atoms with Crippen molar-refractivity contribution < 1.29 is 14.4 Å². The van der Waals surface area contributed by atoms with Crippen molar-refractivity contribution in [3.63, 3.8) is 0 Å². The molecular weight excluding hydrogens is 398 g/mol. The van der Waals surface area contributed by atoms with Crippen LogP contribution in [0.15, 0.2) is 35.7 Å². The Kier molecular flexibility index (Phi) is 6.18. The molecule has 2 saturated heterocycles. The zero-order valence-corrected chi connectivity index (χ0v) is 18.0. The summed E-state index contributed by atoms with van der Waals surface area (Å²) in [6.45, 7) is 4.52. The largest absolute Gasteiger partial charge is 0.339 e. The molecule has 0 radical (unpaired) electrons. The van der Waals surface area contributed by atoms with Crippen molar-refractivity contribution >= 4 is 34.7 Å². The number of hydrogen-bond acceptors (Lipinski definition) is 4. The Hall–Kier alpha value is -2.67. The minimum atomic E-state index is -0.281. The van der Waals surface area contributed by atoms with Crippen LogP contribution in [-0.4, -0.2) is 53.7 Å². The van der Waals surface area contributed by atoms with Gasteiger partial charge < -0.3 is 15.1 Å². The van der Waals surface area contributed by atoms with Crippen molar-refractivity contribution in [3.8, 4) is 0 Å². The number of rotatable bonds is 4. The number of likely N-dealkylation sites (tertiary alicyclic amines) is 2. The second-order valence-corrected chi connectivity index (χ2v) is 9.00. The van der Waals surface area contributed by atoms with Crippen LogP contribution in [0.25, 0.3) is 0 Å². The van der Waals surface area contributed by atoms with Crippen LogP contribution in [-0.2, 0) is 4.79 Å². The van der Waals surface area contributed by atoms with E-state index in [0.717, 1.165) is 44.3 Å². The van der Waals surface area contributed by atoms with Gasteiger partial charge in [-0.25, -0.2) is 0 Å². The number of piperidine rings is 1. The average molecular weight is 426 g/mol. The van der Waals surface area contributed by atoms with E-state index in [1.165, 1.54) is 11.3 Å². The highest BCUT2D eigenvalue weighted by Gasteiger charge is 2.30. The predicted molar refractivity (Wildman–Crippen MR) is 118 cm³/mol. The smallest absolute Gasteiger partial charge is 0.263 e. The molecular formula is C23H27N3O3S. The molecule has 6 nitrogen and oxygen atoms in total. The zero-order chi connectivity index (χ0) is 21.1. The Morgan fingerprint density at radius 3 is 2.47 bits per heavy atom. The molecule has 2 fully saturated rings. The summed E-state index contributed by atoms with van der Waals surface area (Å²) in [5.41, 5.74) is 2.02. The molecule has 3 heterocycles. The molecule has 30 heavy (non-hydrogen) atoms. The molecule has 1 unspecified atom stereocenters. The number of benzene rings is 1. The lowest BCUT2D eigenvalue weighted by molar-refractivity contribution is -0.121. The van der Waals surface area contributed by atoms with E-state index in [9.17, 15) is 14.4 Å². The topological polar surface area (TPSA) is 69.7 Å². The number of thiophene rings is 1. The maximum Gasteiger partial charge on any atom is 0.263 e. The summed E-state index contributed by atoms with van der Waals surface area (Å²) in [6, 6.07) is 9.24. The quantitative estimate of drug-likeness (QED) is 0.810. The van der Waals surface area contributed by atoms with Crippen LogP contribution in [0.2, 0.25) is 0 Å². The molecule has 7 heteroatoms. The summed E-state index contributed by atoms with van der Waals surface area (Å²) in [7, 11) is 0. The fourth-order valence-corrected chi connectivity index (χ4v) is 4.95. The lowest BCUT2D eigenvalue weighted by Gasteiger charge is -2.32. The van der Waals surface area contributed by atoms with Gasteiger partial charge in [-0.2, -0.15) is 0 Å². The van der Waals surface area contributed by atoms with Crippen molar-refractivity contribution in [2.75, 3.05) is 31.5 Å². The van der Waals surface area contributed by atoms with Crippen molar-refractivity contribution in [1.29, 1.82) is 0 Å². The third-order valence-corrected chi connectivity index (χ3v) is 6.81. The molecule has 1 N–H and O–H groups in total. The maximum absolute atomic E-state index is 13.1. The predicted octanol–water partition coefficient (Wildman–Crippen LogP) is 3.78. The highest BCUT2D eigenvalue weighted by molar-refractivity contribution is 7.12. The van der Waals surface area contributed by atoms with E-state index >= 15 is 0 Å². The van der Waals surface area contributed by atoms with E-state index in [1.54, 1.807) is 11.0 Å². The number of nitrogens with zero attached hydrogens (tertiary/aromatic N) is 2. The Labute approximate surface area is 180 Å². The molecule has 1 aromatic heterocycles. The second-order valence-electron chi connectivity index (χ2n) is 8.05. The van der Waals surface area contributed by atoms with E-state index in [1.807, 2.05) is 41.5 Å². The van der Waals surface area contributed by atoms with E-state index < -0.39 is 0 Å². The van der Waals surface area contributed by atoms with Crippen LogP contribution >= 0.6 is 11.3 Å². The molecule has 158 valence electrons. The van der Waals surface area contributed by atoms with Crippen LogP contribution in [0.5, 0.6) is 0 Å². The van der Waals surface area contributed by atoms with Crippen molar-refractivity contribution in [2.45, 2.75) is 32.6 Å². The van der Waals surface area contributed by atoms with Crippen molar-refractivity contribution in [2.24, 2.45) is 5.92 Å². The van der Waals surface area contributed by atoms with Gasteiger partial charge in [0.1, 0.15) is 0 Å². The second kappa shape index (κ2) is 9.00. The standard InChI is InChI=1S/C23H27N3O3S/c1-16-7-4-9-18(22(28)25-11-2-3-12-25)20(16)24-21(27)17-8-5-13-26(15-17)23(29)19-10-6-14-30-19/h4,6-7,9-10,14,17H,2-3,5,8,11-13,15H2,1H3,(H,24,27). The molecule has 1 aromatic carbocycles. The first-order valence-electron chi connectivity index (χ1n) is 10.6. The Morgan fingerprint density at radius 2 is 1.73 bits per heavy atom. The van der Waals surface area contributed by atoms with Gasteiger partial charge in [0.05, 0.1) is 22.0 Å². The Bertz CT molecular complexity index is 935. The van der Waals surface area contributed by atoms with Gasteiger partial charge >= 0.3 is 0 Å². The van der Waals surface area contributed by atoms with Crippen LogP contribution in [0, 0.1) is 12.8 Å². The van der Waals surface area contributed by atoms with Gasteiger partial charge in [-0.1, -0.05) is 18.2 Å². The number of anilines is 1. The highest BCUT2D eigenvalue weighted by Crippen LogP contribution is 2.27. The molecule has 0 spiro atoms. The third kappa shape index (κ3) is 4.26. The number of carbonyl (C=O) groups excluding carboxylic acids is 3. The molecule has 2 aromatic rings. The van der Waals surface area contributed by atoms with Gasteiger partial charge in [-0.15, -0.1) is 11.3 Å². The van der Waals surface area contributed by atoms with Crippen molar-refractivity contribution in [1.82, 2.24) is 9.80 Å². The van der Waals surface area contributed by atoms with Gasteiger partial charge in [0.15, 0.2) is 0 Å². The highest BCUT2D eigenvalue weighted by atomic mass is 32.1. The first kappa shape index (κ1) is 20.6. The Balaban J connectivity index is 1.48. The van der Waals surface area contributed by atoms with E-state index in [4.69, 9.17) is 0 Å². The number of amides is 3. The SMILES string of the molecule is Cc1cccc(C(=O)N2CCCC2)c1NC(=O)C1CCCN(C(=O)c2cccs2)C1. The van der Waals surface area contributed by atoms with Crippen LogP contribution in [0.4, 0.5) is 5.69 Å². The zero-order valence-electron chi connectivity index (χ0n) is 17.2. The summed E-state index contributed by atoms with van der Waals surface area (Å²) in [5, 5.41) is 4.91. The Morgan fingerprint density at radius 1 is 0.967 bits per heavy atom. The molecule has 1 atom stereocenters. The number of nitrogens with one attached hydrogen (secondary N) is 1. The number of aryl methyl sites for hydroxylation is 1. The van der Waals surface area contributed by atoms with E-state index in [2.05, 4.69) is 5.32 Å². The summed E-state index contributed by atoms with van der Waals surface area (Å²) in [5.74, 6) is -0.437. The van der Waals surface area contributed by atoms with Gasteiger partial charge in [0.2, 0.25) is 5.91 Å². The lowest BCUT2D eigenvalue weighted by atomic mass is 9.96. The third-order valence-electron chi connectivity index (χ3n) is 5.96. The van der Waals surface area contributed by atoms with Crippen LogP contribution in [0.3, 0.4) is 0 Å². The summed E-state index contributed by atoms with van der Waals surface area (Å²) < 4.78 is 0. The molecule has 4 rings (SSSR count). The lowest BCUT2D eigenvalue weighted by Crippen LogP contribution is -2.43. The number of carbonyl (C=O) groups is 3. The normalized spacial score (nSPS) is 19.0. The first-order chi connectivity index (χ1) is 14.5. The van der Waals surface area contributed by atoms with Gasteiger partial charge in [0.25, 0.3) is 11.8 Å². The van der Waals surface area contributed by atoms with Gasteiger partial charge in [-0.3, -0.25) is 14.4 Å². The minimum absolute atomic E-state index is 0.0108. The first-order valence-corrected chi connectivity index (χ1v) is 11.4. The molecule has 2 aliphatic rings. The summed E-state index contributed by atoms with van der Waals surface area (Å²) in [4.78, 5) is 43.1. The summed E-state index contributed by atoms with van der Waals surface area (Å²) >= 11 is 1.42. The maximum atomic E-state index is 13.1. The molecule has 0 bridgehead atoms. The minimum Gasteiger partial charge on any atom is -0.339 e. The van der Waals surface area contributed by atoms with Gasteiger partial charge in [0, 0.05) is 26.2 Å². The van der Waals surface area contributed by atoms with E-state index in [-0.39, 0.29) is 23.6 Å². The van der Waals surface area contributed by atoms with Crippen LogP contribution in [0.1, 0.15) is 51.3 Å². The molecule has 0 aliphatic carbocycles. The molecule has 0 saturated carbocycles. The fourth-order valence-electron chi connectivity index (χ4n) is 4.26. The number of hydrogen-bond donors (Lipinski definition) is 1. The fraction of sp³-hybridized carbons (Fsp3) is 0.435. The van der Waals surface area contributed by atoms with Gasteiger partial charge in [-0.05, 0) is 55.7 Å². The molecule has 3 amide bonds. The monoisotopic (exact) mass is 425 g/mol. The van der Waals surface area contributed by atoms with E-state index in [0.29, 0.717) is 29.2 Å². The summed E-state index contributed by atoms with van der Waals surface area (Å²) in [6.07, 6.45) is 3.58.